The summed E-state index contributed by atoms with van der Waals surface area (Å²) < 4.78 is 26.4. The molecule has 108 valence electrons. The maximum absolute atomic E-state index is 12.0. The number of hydrogen-bond donors (Lipinski definition) is 2. The van der Waals surface area contributed by atoms with Crippen molar-refractivity contribution in [2.45, 2.75) is 44.6 Å². The van der Waals surface area contributed by atoms with Gasteiger partial charge in [0.25, 0.3) is 0 Å². The lowest BCUT2D eigenvalue weighted by molar-refractivity contribution is 0.152. The van der Waals surface area contributed by atoms with Gasteiger partial charge in [-0.3, -0.25) is 0 Å². The van der Waals surface area contributed by atoms with Gasteiger partial charge in [0.05, 0.1) is 11.0 Å². The first-order valence-electron chi connectivity index (χ1n) is 6.61. The highest BCUT2D eigenvalue weighted by Gasteiger charge is 2.16. The van der Waals surface area contributed by atoms with Crippen LogP contribution >= 0.6 is 0 Å². The van der Waals surface area contributed by atoms with E-state index in [4.69, 9.17) is 0 Å². The molecule has 0 aliphatic carbocycles. The number of nitrogens with one attached hydrogen (secondary N) is 1. The summed E-state index contributed by atoms with van der Waals surface area (Å²) in [6.07, 6.45) is 0.808. The lowest BCUT2D eigenvalue weighted by Crippen LogP contribution is -2.32. The lowest BCUT2D eigenvalue weighted by atomic mass is 10.1. The number of sulfonamides is 1. The first kappa shape index (κ1) is 16.1. The smallest absolute Gasteiger partial charge is 0.240 e. The largest absolute Gasteiger partial charge is 0.392 e. The van der Waals surface area contributed by atoms with Gasteiger partial charge < -0.3 is 5.11 Å². The summed E-state index contributed by atoms with van der Waals surface area (Å²) in [7, 11) is -3.53. The number of rotatable bonds is 7. The second-order valence-electron chi connectivity index (χ2n) is 5.13. The predicted octanol–water partition coefficient (Wildman–Crippen LogP) is 1.93. The summed E-state index contributed by atoms with van der Waals surface area (Å²) in [6.45, 7) is 6.04. The topological polar surface area (TPSA) is 66.4 Å². The lowest BCUT2D eigenvalue weighted by Gasteiger charge is -2.14. The van der Waals surface area contributed by atoms with Gasteiger partial charge in [-0.2, -0.15) is 0 Å². The molecular weight excluding hydrogens is 262 g/mol. The fraction of sp³-hybridized carbons (Fsp3) is 0.571. The quantitative estimate of drug-likeness (QED) is 0.804. The van der Waals surface area contributed by atoms with E-state index in [1.54, 1.807) is 24.3 Å². The molecule has 0 saturated carbocycles. The zero-order chi connectivity index (χ0) is 14.5. The Balaban J connectivity index is 2.65. The van der Waals surface area contributed by atoms with E-state index in [0.717, 1.165) is 12.0 Å². The maximum Gasteiger partial charge on any atom is 0.240 e. The minimum Gasteiger partial charge on any atom is -0.392 e. The van der Waals surface area contributed by atoms with Crippen LogP contribution in [0.3, 0.4) is 0 Å². The van der Waals surface area contributed by atoms with E-state index in [9.17, 15) is 13.5 Å². The zero-order valence-electron chi connectivity index (χ0n) is 11.8. The Bertz CT molecular complexity index is 480. The average molecular weight is 285 g/mol. The molecule has 4 nitrogen and oxygen atoms in total. The van der Waals surface area contributed by atoms with Gasteiger partial charge in [-0.15, -0.1) is 0 Å². The van der Waals surface area contributed by atoms with Gasteiger partial charge in [0.1, 0.15) is 0 Å². The highest BCUT2D eigenvalue weighted by Crippen LogP contribution is 2.11. The average Bonchev–Trinajstić information content (AvgIpc) is 2.36. The molecule has 0 aromatic heterocycles. The summed E-state index contributed by atoms with van der Waals surface area (Å²) in [6, 6.07) is 6.80. The van der Waals surface area contributed by atoms with Crippen LogP contribution < -0.4 is 4.72 Å². The van der Waals surface area contributed by atoms with Crippen molar-refractivity contribution in [1.82, 2.24) is 4.72 Å². The van der Waals surface area contributed by atoms with Gasteiger partial charge >= 0.3 is 0 Å². The first-order valence-corrected chi connectivity index (χ1v) is 8.10. The Morgan fingerprint density at radius 3 is 2.26 bits per heavy atom. The molecule has 0 aliphatic rings. The minimum absolute atomic E-state index is 0.0516. The van der Waals surface area contributed by atoms with Crippen LogP contribution in [0.4, 0.5) is 0 Å². The number of hydrogen-bond acceptors (Lipinski definition) is 3. The molecular formula is C14H23NO3S. The van der Waals surface area contributed by atoms with Crippen molar-refractivity contribution in [3.05, 3.63) is 29.8 Å². The van der Waals surface area contributed by atoms with Gasteiger partial charge in [0.2, 0.25) is 10.0 Å². The van der Waals surface area contributed by atoms with Gasteiger partial charge in [-0.25, -0.2) is 13.1 Å². The maximum atomic E-state index is 12.0. The van der Waals surface area contributed by atoms with Crippen LogP contribution in [0.2, 0.25) is 0 Å². The SMILES string of the molecule is CCc1ccc(S(=O)(=O)NCC(O)CC(C)C)cc1. The number of benzene rings is 1. The predicted molar refractivity (Wildman–Crippen MR) is 76.5 cm³/mol. The van der Waals surface area contributed by atoms with E-state index in [2.05, 4.69) is 4.72 Å². The summed E-state index contributed by atoms with van der Waals surface area (Å²) in [5.41, 5.74) is 1.10. The van der Waals surface area contributed by atoms with Crippen LogP contribution in [0.15, 0.2) is 29.2 Å². The molecule has 0 spiro atoms. The number of aliphatic hydroxyl groups is 1. The normalized spacial score (nSPS) is 13.7. The Morgan fingerprint density at radius 1 is 1.21 bits per heavy atom. The second-order valence-corrected chi connectivity index (χ2v) is 6.90. The second kappa shape index (κ2) is 7.03. The Labute approximate surface area is 115 Å². The number of aryl methyl sites for hydroxylation is 1. The first-order chi connectivity index (χ1) is 8.85. The van der Waals surface area contributed by atoms with E-state index in [1.807, 2.05) is 20.8 Å². The molecule has 0 heterocycles. The molecule has 0 saturated heterocycles. The third kappa shape index (κ3) is 5.30. The van der Waals surface area contributed by atoms with Crippen molar-refractivity contribution in [3.8, 4) is 0 Å². The zero-order valence-corrected chi connectivity index (χ0v) is 12.6. The molecule has 5 heteroatoms. The fourth-order valence-electron chi connectivity index (χ4n) is 1.82. The third-order valence-electron chi connectivity index (χ3n) is 2.89. The van der Waals surface area contributed by atoms with Crippen LogP contribution in [0.5, 0.6) is 0 Å². The third-order valence-corrected chi connectivity index (χ3v) is 4.33. The van der Waals surface area contributed by atoms with Gasteiger partial charge in [0, 0.05) is 6.54 Å². The van der Waals surface area contributed by atoms with Crippen molar-refractivity contribution in [1.29, 1.82) is 0 Å². The Hall–Kier alpha value is -0.910. The molecule has 0 aliphatic heterocycles. The molecule has 1 unspecified atom stereocenters. The van der Waals surface area contributed by atoms with Crippen LogP contribution in [0.25, 0.3) is 0 Å². The van der Waals surface area contributed by atoms with Gasteiger partial charge in [-0.05, 0) is 36.5 Å². The monoisotopic (exact) mass is 285 g/mol. The van der Waals surface area contributed by atoms with E-state index in [-0.39, 0.29) is 11.4 Å². The molecule has 1 aromatic rings. The molecule has 1 atom stereocenters. The molecule has 2 N–H and O–H groups in total. The molecule has 0 radical (unpaired) electrons. The molecule has 19 heavy (non-hydrogen) atoms. The summed E-state index contributed by atoms with van der Waals surface area (Å²) in [5, 5.41) is 9.69. The summed E-state index contributed by atoms with van der Waals surface area (Å²) >= 11 is 0. The van der Waals surface area contributed by atoms with E-state index in [0.29, 0.717) is 12.3 Å². The van der Waals surface area contributed by atoms with Crippen molar-refractivity contribution in [3.63, 3.8) is 0 Å². The summed E-state index contributed by atoms with van der Waals surface area (Å²) in [4.78, 5) is 0.237. The van der Waals surface area contributed by atoms with Crippen LogP contribution in [0.1, 0.15) is 32.8 Å². The molecule has 0 amide bonds. The number of aliphatic hydroxyl groups excluding tert-OH is 1. The molecule has 0 fully saturated rings. The van der Waals surface area contributed by atoms with Crippen molar-refractivity contribution in [2.24, 2.45) is 5.92 Å². The van der Waals surface area contributed by atoms with Crippen molar-refractivity contribution in [2.75, 3.05) is 6.54 Å². The van der Waals surface area contributed by atoms with Crippen LogP contribution in [0, 0.1) is 5.92 Å². The van der Waals surface area contributed by atoms with Gasteiger partial charge in [0.15, 0.2) is 0 Å². The minimum atomic E-state index is -3.53. The van der Waals surface area contributed by atoms with E-state index in [1.165, 1.54) is 0 Å². The Kier molecular flexibility index (Phi) is 5.97. The standard InChI is InChI=1S/C14H23NO3S/c1-4-12-5-7-14(8-6-12)19(17,18)15-10-13(16)9-11(2)3/h5-8,11,13,15-16H,4,9-10H2,1-3H3. The van der Waals surface area contributed by atoms with Gasteiger partial charge in [-0.1, -0.05) is 32.9 Å². The highest BCUT2D eigenvalue weighted by atomic mass is 32.2. The highest BCUT2D eigenvalue weighted by molar-refractivity contribution is 7.89. The van der Waals surface area contributed by atoms with E-state index < -0.39 is 16.1 Å². The van der Waals surface area contributed by atoms with E-state index >= 15 is 0 Å². The van der Waals surface area contributed by atoms with Crippen molar-refractivity contribution < 1.29 is 13.5 Å². The Morgan fingerprint density at radius 2 is 1.79 bits per heavy atom. The van der Waals surface area contributed by atoms with Crippen LogP contribution in [-0.2, 0) is 16.4 Å². The fourth-order valence-corrected chi connectivity index (χ4v) is 2.89. The van der Waals surface area contributed by atoms with Crippen LogP contribution in [-0.4, -0.2) is 26.2 Å². The summed E-state index contributed by atoms with van der Waals surface area (Å²) in [5.74, 6) is 0.336. The van der Waals surface area contributed by atoms with Crippen molar-refractivity contribution >= 4 is 10.0 Å². The molecule has 0 bridgehead atoms. The molecule has 1 rings (SSSR count). The molecule has 1 aromatic carbocycles.